The zero-order chi connectivity index (χ0) is 14.8. The van der Waals surface area contributed by atoms with Crippen LogP contribution in [0.15, 0.2) is 24.3 Å². The van der Waals surface area contributed by atoms with Gasteiger partial charge in [0.2, 0.25) is 0 Å². The molecule has 3 unspecified atom stereocenters. The molecule has 2 N–H and O–H groups in total. The van der Waals surface area contributed by atoms with Gasteiger partial charge in [0.25, 0.3) is 0 Å². The number of hydrogen-bond acceptors (Lipinski definition) is 2. The highest BCUT2D eigenvalue weighted by Gasteiger charge is 2.38. The SMILES string of the molecule is Cc1cccc(C(C(C)N)N2CCCC2C2CCCC2)c1. The molecule has 3 rings (SSSR count). The van der Waals surface area contributed by atoms with Crippen molar-refractivity contribution in [3.63, 3.8) is 0 Å². The Morgan fingerprint density at radius 3 is 2.57 bits per heavy atom. The Bertz CT molecular complexity index is 462. The van der Waals surface area contributed by atoms with E-state index >= 15 is 0 Å². The Morgan fingerprint density at radius 1 is 1.14 bits per heavy atom. The second-order valence-electron chi connectivity index (χ2n) is 7.21. The van der Waals surface area contributed by atoms with Crippen LogP contribution in [0.5, 0.6) is 0 Å². The van der Waals surface area contributed by atoms with E-state index in [0.717, 1.165) is 12.0 Å². The van der Waals surface area contributed by atoms with Crippen molar-refractivity contribution in [3.05, 3.63) is 35.4 Å². The minimum absolute atomic E-state index is 0.189. The number of benzene rings is 1. The minimum Gasteiger partial charge on any atom is -0.326 e. The topological polar surface area (TPSA) is 29.3 Å². The Kier molecular flexibility index (Phi) is 4.66. The van der Waals surface area contributed by atoms with E-state index in [-0.39, 0.29) is 6.04 Å². The Balaban J connectivity index is 1.85. The summed E-state index contributed by atoms with van der Waals surface area (Å²) in [5.74, 6) is 0.915. The van der Waals surface area contributed by atoms with Gasteiger partial charge < -0.3 is 5.73 Å². The smallest absolute Gasteiger partial charge is 0.0499 e. The Hall–Kier alpha value is -0.860. The summed E-state index contributed by atoms with van der Waals surface area (Å²) in [5, 5.41) is 0. The van der Waals surface area contributed by atoms with Crippen LogP contribution >= 0.6 is 0 Å². The lowest BCUT2D eigenvalue weighted by Crippen LogP contribution is -2.44. The van der Waals surface area contributed by atoms with Gasteiger partial charge in [0.1, 0.15) is 0 Å². The summed E-state index contributed by atoms with van der Waals surface area (Å²) in [6.07, 6.45) is 8.45. The maximum absolute atomic E-state index is 6.42. The molecule has 1 aromatic rings. The van der Waals surface area contributed by atoms with Crippen molar-refractivity contribution < 1.29 is 0 Å². The number of hydrogen-bond donors (Lipinski definition) is 1. The molecule has 116 valence electrons. The summed E-state index contributed by atoms with van der Waals surface area (Å²) < 4.78 is 0. The van der Waals surface area contributed by atoms with Crippen molar-refractivity contribution in [2.75, 3.05) is 6.54 Å². The van der Waals surface area contributed by atoms with E-state index in [1.165, 1.54) is 56.2 Å². The van der Waals surface area contributed by atoms with Gasteiger partial charge in [0.15, 0.2) is 0 Å². The average Bonchev–Trinajstić information content (AvgIpc) is 3.08. The number of nitrogens with two attached hydrogens (primary N) is 1. The van der Waals surface area contributed by atoms with Crippen LogP contribution in [-0.2, 0) is 0 Å². The van der Waals surface area contributed by atoms with E-state index in [1.54, 1.807) is 0 Å². The number of rotatable bonds is 4. The van der Waals surface area contributed by atoms with Crippen LogP contribution in [0.2, 0.25) is 0 Å². The van der Waals surface area contributed by atoms with E-state index in [9.17, 15) is 0 Å². The van der Waals surface area contributed by atoms with Crippen LogP contribution in [0.3, 0.4) is 0 Å². The van der Waals surface area contributed by atoms with Gasteiger partial charge in [-0.25, -0.2) is 0 Å². The van der Waals surface area contributed by atoms with Crippen molar-refractivity contribution >= 4 is 0 Å². The normalized spacial score (nSPS) is 27.1. The van der Waals surface area contributed by atoms with E-state index in [2.05, 4.69) is 43.0 Å². The first-order valence-corrected chi connectivity index (χ1v) is 8.74. The van der Waals surface area contributed by atoms with Crippen molar-refractivity contribution in [1.29, 1.82) is 0 Å². The fraction of sp³-hybridized carbons (Fsp3) is 0.684. The van der Waals surface area contributed by atoms with Crippen molar-refractivity contribution in [2.24, 2.45) is 11.7 Å². The molecule has 1 aliphatic heterocycles. The maximum Gasteiger partial charge on any atom is 0.0499 e. The number of likely N-dealkylation sites (tertiary alicyclic amines) is 1. The molecule has 2 heteroatoms. The van der Waals surface area contributed by atoms with Crippen molar-refractivity contribution in [1.82, 2.24) is 4.90 Å². The quantitative estimate of drug-likeness (QED) is 0.905. The highest BCUT2D eigenvalue weighted by molar-refractivity contribution is 5.26. The van der Waals surface area contributed by atoms with Crippen molar-refractivity contribution in [2.45, 2.75) is 70.5 Å². The molecular weight excluding hydrogens is 256 g/mol. The van der Waals surface area contributed by atoms with Crippen LogP contribution in [0.1, 0.15) is 62.6 Å². The van der Waals surface area contributed by atoms with Gasteiger partial charge in [-0.1, -0.05) is 42.7 Å². The lowest BCUT2D eigenvalue weighted by Gasteiger charge is -2.38. The molecule has 1 aromatic carbocycles. The van der Waals surface area contributed by atoms with E-state index in [4.69, 9.17) is 5.73 Å². The summed E-state index contributed by atoms with van der Waals surface area (Å²) in [6, 6.07) is 10.3. The molecule has 1 saturated heterocycles. The Labute approximate surface area is 129 Å². The number of aryl methyl sites for hydroxylation is 1. The van der Waals surface area contributed by atoms with E-state index in [1.807, 2.05) is 0 Å². The van der Waals surface area contributed by atoms with Gasteiger partial charge >= 0.3 is 0 Å². The molecule has 1 saturated carbocycles. The molecule has 0 amide bonds. The first kappa shape index (κ1) is 15.1. The van der Waals surface area contributed by atoms with E-state index in [0.29, 0.717) is 6.04 Å². The third-order valence-electron chi connectivity index (χ3n) is 5.53. The molecule has 0 bridgehead atoms. The highest BCUT2D eigenvalue weighted by Crippen LogP contribution is 2.40. The standard InChI is InChI=1S/C19H30N2/c1-14-7-5-10-17(13-14)19(15(2)20)21-12-6-11-18(21)16-8-3-4-9-16/h5,7,10,13,15-16,18-19H,3-4,6,8-9,11-12,20H2,1-2H3. The monoisotopic (exact) mass is 286 g/mol. The van der Waals surface area contributed by atoms with Crippen LogP contribution in [0, 0.1) is 12.8 Å². The fourth-order valence-corrected chi connectivity index (χ4v) is 4.66. The maximum atomic E-state index is 6.42. The van der Waals surface area contributed by atoms with Gasteiger partial charge in [-0.2, -0.15) is 0 Å². The lowest BCUT2D eigenvalue weighted by molar-refractivity contribution is 0.120. The van der Waals surface area contributed by atoms with Crippen LogP contribution in [0.4, 0.5) is 0 Å². The van der Waals surface area contributed by atoms with Gasteiger partial charge in [0, 0.05) is 18.1 Å². The first-order valence-electron chi connectivity index (χ1n) is 8.74. The van der Waals surface area contributed by atoms with Gasteiger partial charge in [-0.15, -0.1) is 0 Å². The average molecular weight is 286 g/mol. The van der Waals surface area contributed by atoms with Gasteiger partial charge in [-0.3, -0.25) is 4.90 Å². The summed E-state index contributed by atoms with van der Waals surface area (Å²) in [7, 11) is 0. The second kappa shape index (κ2) is 6.50. The largest absolute Gasteiger partial charge is 0.326 e. The zero-order valence-corrected chi connectivity index (χ0v) is 13.6. The van der Waals surface area contributed by atoms with Crippen LogP contribution in [-0.4, -0.2) is 23.5 Å². The van der Waals surface area contributed by atoms with Crippen LogP contribution < -0.4 is 5.73 Å². The summed E-state index contributed by atoms with van der Waals surface area (Å²) in [6.45, 7) is 5.58. The highest BCUT2D eigenvalue weighted by atomic mass is 15.2. The molecule has 0 aromatic heterocycles. The molecule has 3 atom stereocenters. The lowest BCUT2D eigenvalue weighted by atomic mass is 9.91. The summed E-state index contributed by atoms with van der Waals surface area (Å²) in [4.78, 5) is 2.75. The molecule has 1 aliphatic carbocycles. The number of nitrogens with zero attached hydrogens (tertiary/aromatic N) is 1. The van der Waals surface area contributed by atoms with Gasteiger partial charge in [0.05, 0.1) is 0 Å². The third kappa shape index (κ3) is 3.17. The van der Waals surface area contributed by atoms with Crippen LogP contribution in [0.25, 0.3) is 0 Å². The molecular formula is C19H30N2. The molecule has 2 fully saturated rings. The summed E-state index contributed by atoms with van der Waals surface area (Å²) in [5.41, 5.74) is 9.17. The van der Waals surface area contributed by atoms with Crippen molar-refractivity contribution in [3.8, 4) is 0 Å². The Morgan fingerprint density at radius 2 is 1.90 bits per heavy atom. The zero-order valence-electron chi connectivity index (χ0n) is 13.6. The molecule has 2 aliphatic rings. The fourth-order valence-electron chi connectivity index (χ4n) is 4.66. The molecule has 1 heterocycles. The molecule has 21 heavy (non-hydrogen) atoms. The first-order chi connectivity index (χ1) is 10.2. The predicted octanol–water partition coefficient (Wildman–Crippen LogP) is 4.04. The molecule has 2 nitrogen and oxygen atoms in total. The summed E-state index contributed by atoms with van der Waals surface area (Å²) >= 11 is 0. The third-order valence-corrected chi connectivity index (χ3v) is 5.53. The molecule has 0 radical (unpaired) electrons. The predicted molar refractivity (Wildman–Crippen MR) is 89.3 cm³/mol. The second-order valence-corrected chi connectivity index (χ2v) is 7.21. The van der Waals surface area contributed by atoms with E-state index < -0.39 is 0 Å². The molecule has 0 spiro atoms. The van der Waals surface area contributed by atoms with Gasteiger partial charge in [-0.05, 0) is 57.6 Å². The minimum atomic E-state index is 0.189.